The summed E-state index contributed by atoms with van der Waals surface area (Å²) >= 11 is 0. The van der Waals surface area contributed by atoms with Crippen molar-refractivity contribution in [3.8, 4) is 0 Å². The molecule has 0 aliphatic rings. The minimum absolute atomic E-state index is 0.0530. The van der Waals surface area contributed by atoms with Crippen LogP contribution in [-0.2, 0) is 9.59 Å². The highest BCUT2D eigenvalue weighted by atomic mass is 16.4. The Bertz CT molecular complexity index is 408. The van der Waals surface area contributed by atoms with E-state index in [1.165, 1.54) is 0 Å². The molecule has 0 heterocycles. The third kappa shape index (κ3) is 4.15. The van der Waals surface area contributed by atoms with Crippen molar-refractivity contribution in [2.75, 3.05) is 6.54 Å². The highest BCUT2D eigenvalue weighted by Crippen LogP contribution is 2.09. The summed E-state index contributed by atoms with van der Waals surface area (Å²) in [4.78, 5) is 22.0. The number of aliphatic carboxylic acids is 1. The summed E-state index contributed by atoms with van der Waals surface area (Å²) in [6.45, 7) is 0.0623. The summed E-state index contributed by atoms with van der Waals surface area (Å²) in [5, 5.41) is 19.9. The van der Waals surface area contributed by atoms with Gasteiger partial charge in [0.25, 0.3) is 0 Å². The van der Waals surface area contributed by atoms with Gasteiger partial charge in [0.15, 0.2) is 6.10 Å². The molecule has 1 rings (SSSR count). The molecule has 0 saturated heterocycles. The molecular formula is C12H16N2O4. The van der Waals surface area contributed by atoms with Crippen LogP contribution in [0.3, 0.4) is 0 Å². The van der Waals surface area contributed by atoms with Gasteiger partial charge in [-0.2, -0.15) is 0 Å². The van der Waals surface area contributed by atoms with Gasteiger partial charge in [-0.25, -0.2) is 4.79 Å². The number of carboxylic acids is 1. The maximum absolute atomic E-state index is 11.6. The zero-order valence-corrected chi connectivity index (χ0v) is 9.74. The SMILES string of the molecule is NC(C(=O)NCCC(O)C(=O)O)c1ccccc1. The van der Waals surface area contributed by atoms with Crippen LogP contribution in [0.2, 0.25) is 0 Å². The lowest BCUT2D eigenvalue weighted by atomic mass is 10.1. The van der Waals surface area contributed by atoms with Crippen molar-refractivity contribution in [3.63, 3.8) is 0 Å². The molecule has 0 bridgehead atoms. The first-order valence-corrected chi connectivity index (χ1v) is 5.51. The summed E-state index contributed by atoms with van der Waals surface area (Å²) in [6.07, 6.45) is -1.53. The summed E-state index contributed by atoms with van der Waals surface area (Å²) in [6, 6.07) is 8.03. The van der Waals surface area contributed by atoms with Crippen LogP contribution in [0.15, 0.2) is 30.3 Å². The standard InChI is InChI=1S/C12H16N2O4/c13-10(8-4-2-1-3-5-8)11(16)14-7-6-9(15)12(17)18/h1-5,9-10,15H,6-7,13H2,(H,14,16)(H,17,18). The Morgan fingerprint density at radius 3 is 2.44 bits per heavy atom. The topological polar surface area (TPSA) is 113 Å². The molecule has 1 aromatic carbocycles. The third-order valence-corrected chi connectivity index (χ3v) is 2.44. The molecule has 98 valence electrons. The largest absolute Gasteiger partial charge is 0.479 e. The number of benzene rings is 1. The number of carbonyl (C=O) groups excluding carboxylic acids is 1. The fourth-order valence-corrected chi connectivity index (χ4v) is 1.38. The van der Waals surface area contributed by atoms with Crippen LogP contribution in [0.5, 0.6) is 0 Å². The Hall–Kier alpha value is -1.92. The first kappa shape index (κ1) is 14.1. The van der Waals surface area contributed by atoms with Gasteiger partial charge >= 0.3 is 5.97 Å². The van der Waals surface area contributed by atoms with Gasteiger partial charge in [0.2, 0.25) is 5.91 Å². The Morgan fingerprint density at radius 1 is 1.28 bits per heavy atom. The smallest absolute Gasteiger partial charge is 0.332 e. The Kier molecular flexibility index (Phi) is 5.29. The van der Waals surface area contributed by atoms with E-state index in [1.54, 1.807) is 24.3 Å². The summed E-state index contributed by atoms with van der Waals surface area (Å²) in [5.74, 6) is -1.71. The molecule has 0 radical (unpaired) electrons. The van der Waals surface area contributed by atoms with Crippen molar-refractivity contribution < 1.29 is 19.8 Å². The van der Waals surface area contributed by atoms with E-state index >= 15 is 0 Å². The fraction of sp³-hybridized carbons (Fsp3) is 0.333. The average Bonchev–Trinajstić information content (AvgIpc) is 2.38. The number of carboxylic acid groups (broad SMARTS) is 1. The van der Waals surface area contributed by atoms with Crippen molar-refractivity contribution in [3.05, 3.63) is 35.9 Å². The van der Waals surface area contributed by atoms with Crippen LogP contribution >= 0.6 is 0 Å². The van der Waals surface area contributed by atoms with Crippen LogP contribution in [0, 0.1) is 0 Å². The molecule has 2 atom stereocenters. The number of hydrogen-bond acceptors (Lipinski definition) is 4. The normalized spacial score (nSPS) is 13.7. The Morgan fingerprint density at radius 2 is 1.89 bits per heavy atom. The van der Waals surface area contributed by atoms with Gasteiger partial charge in [-0.15, -0.1) is 0 Å². The van der Waals surface area contributed by atoms with Crippen molar-refractivity contribution in [1.29, 1.82) is 0 Å². The van der Waals surface area contributed by atoms with Crippen LogP contribution in [0.1, 0.15) is 18.0 Å². The molecule has 0 aliphatic carbocycles. The first-order chi connectivity index (χ1) is 8.52. The number of amides is 1. The van der Waals surface area contributed by atoms with Gasteiger partial charge in [-0.1, -0.05) is 30.3 Å². The second kappa shape index (κ2) is 6.73. The van der Waals surface area contributed by atoms with Crippen LogP contribution in [0.4, 0.5) is 0 Å². The lowest BCUT2D eigenvalue weighted by Gasteiger charge is -2.13. The van der Waals surface area contributed by atoms with Gasteiger partial charge in [0.1, 0.15) is 6.04 Å². The van der Waals surface area contributed by atoms with Crippen LogP contribution in [0.25, 0.3) is 0 Å². The Labute approximate surface area is 104 Å². The monoisotopic (exact) mass is 252 g/mol. The number of carbonyl (C=O) groups is 2. The van der Waals surface area contributed by atoms with Crippen LogP contribution < -0.4 is 11.1 Å². The maximum atomic E-state index is 11.6. The highest BCUT2D eigenvalue weighted by Gasteiger charge is 2.17. The number of aliphatic hydroxyl groups is 1. The predicted molar refractivity (Wildman–Crippen MR) is 64.6 cm³/mol. The molecule has 5 N–H and O–H groups in total. The second-order valence-electron chi connectivity index (χ2n) is 3.82. The molecule has 6 nitrogen and oxygen atoms in total. The number of aliphatic hydroxyl groups excluding tert-OH is 1. The number of nitrogens with two attached hydrogens (primary N) is 1. The zero-order valence-electron chi connectivity index (χ0n) is 9.74. The van der Waals surface area contributed by atoms with E-state index in [1.807, 2.05) is 6.07 Å². The van der Waals surface area contributed by atoms with E-state index < -0.39 is 24.0 Å². The van der Waals surface area contributed by atoms with E-state index in [0.29, 0.717) is 5.56 Å². The maximum Gasteiger partial charge on any atom is 0.332 e. The summed E-state index contributed by atoms with van der Waals surface area (Å²) in [5.41, 5.74) is 6.40. The molecular weight excluding hydrogens is 236 g/mol. The number of hydrogen-bond donors (Lipinski definition) is 4. The van der Waals surface area contributed by atoms with Gasteiger partial charge in [-0.05, 0) is 5.56 Å². The summed E-state index contributed by atoms with van der Waals surface area (Å²) in [7, 11) is 0. The quantitative estimate of drug-likeness (QED) is 0.552. The number of rotatable bonds is 6. The van der Waals surface area contributed by atoms with Crippen molar-refractivity contribution in [2.45, 2.75) is 18.6 Å². The zero-order chi connectivity index (χ0) is 13.5. The fourth-order valence-electron chi connectivity index (χ4n) is 1.38. The molecule has 18 heavy (non-hydrogen) atoms. The minimum Gasteiger partial charge on any atom is -0.479 e. The minimum atomic E-state index is -1.47. The average molecular weight is 252 g/mol. The third-order valence-electron chi connectivity index (χ3n) is 2.44. The van der Waals surface area contributed by atoms with E-state index in [4.69, 9.17) is 15.9 Å². The van der Waals surface area contributed by atoms with Gasteiger partial charge < -0.3 is 21.3 Å². The molecule has 1 amide bonds. The molecule has 0 aromatic heterocycles. The van der Waals surface area contributed by atoms with Crippen molar-refractivity contribution >= 4 is 11.9 Å². The number of nitrogens with one attached hydrogen (secondary N) is 1. The van der Waals surface area contributed by atoms with E-state index in [9.17, 15) is 9.59 Å². The second-order valence-corrected chi connectivity index (χ2v) is 3.82. The molecule has 0 aliphatic heterocycles. The lowest BCUT2D eigenvalue weighted by molar-refractivity contribution is -0.147. The molecule has 1 aromatic rings. The van der Waals surface area contributed by atoms with Gasteiger partial charge in [-0.3, -0.25) is 4.79 Å². The van der Waals surface area contributed by atoms with Crippen LogP contribution in [-0.4, -0.2) is 34.7 Å². The van der Waals surface area contributed by atoms with Gasteiger partial charge in [0.05, 0.1) is 0 Å². The van der Waals surface area contributed by atoms with Crippen molar-refractivity contribution in [2.24, 2.45) is 5.73 Å². The van der Waals surface area contributed by atoms with Crippen molar-refractivity contribution in [1.82, 2.24) is 5.32 Å². The van der Waals surface area contributed by atoms with E-state index in [2.05, 4.69) is 5.32 Å². The van der Waals surface area contributed by atoms with E-state index in [0.717, 1.165) is 0 Å². The Balaban J connectivity index is 2.40. The molecule has 0 saturated carbocycles. The van der Waals surface area contributed by atoms with E-state index in [-0.39, 0.29) is 13.0 Å². The van der Waals surface area contributed by atoms with Gasteiger partial charge in [0, 0.05) is 13.0 Å². The predicted octanol–water partition coefficient (Wildman–Crippen LogP) is -0.362. The molecule has 6 heteroatoms. The first-order valence-electron chi connectivity index (χ1n) is 5.51. The lowest BCUT2D eigenvalue weighted by Crippen LogP contribution is -2.36. The summed E-state index contributed by atoms with van der Waals surface area (Å²) < 4.78 is 0. The highest BCUT2D eigenvalue weighted by molar-refractivity contribution is 5.82. The molecule has 2 unspecified atom stereocenters. The molecule has 0 fully saturated rings. The molecule has 0 spiro atoms.